The first kappa shape index (κ1) is 14.4. The number of rotatable bonds is 8. The molecule has 0 aliphatic rings. The summed E-state index contributed by atoms with van der Waals surface area (Å²) < 4.78 is 0. The first-order chi connectivity index (χ1) is 8.77. The van der Waals surface area contributed by atoms with Crippen LogP contribution in [0.4, 0.5) is 5.69 Å². The van der Waals surface area contributed by atoms with E-state index in [0.717, 1.165) is 18.4 Å². The molecule has 0 saturated carbocycles. The summed E-state index contributed by atoms with van der Waals surface area (Å²) in [6.07, 6.45) is 6.90. The Morgan fingerprint density at radius 3 is 2.61 bits per heavy atom. The fourth-order valence-electron chi connectivity index (χ4n) is 2.00. The van der Waals surface area contributed by atoms with E-state index in [4.69, 9.17) is 6.57 Å². The summed E-state index contributed by atoms with van der Waals surface area (Å²) in [4.78, 5) is 15.3. The van der Waals surface area contributed by atoms with Crippen molar-refractivity contribution in [1.82, 2.24) is 0 Å². The van der Waals surface area contributed by atoms with Crippen molar-refractivity contribution < 1.29 is 4.79 Å². The minimum Gasteiger partial charge on any atom is -0.299 e. The second-order valence-corrected chi connectivity index (χ2v) is 4.62. The molecule has 0 aliphatic heterocycles. The smallest absolute Gasteiger partial charge is 0.190 e. The third-order valence-corrected chi connectivity index (χ3v) is 3.06. The minimum absolute atomic E-state index is 0.252. The summed E-state index contributed by atoms with van der Waals surface area (Å²) in [6, 6.07) is 7.38. The maximum absolute atomic E-state index is 11.8. The molecule has 0 spiro atoms. The van der Waals surface area contributed by atoms with Crippen molar-refractivity contribution in [3.8, 4) is 0 Å². The number of ketones is 1. The number of benzene rings is 1. The summed E-state index contributed by atoms with van der Waals surface area (Å²) in [6.45, 7) is 9.24. The highest BCUT2D eigenvalue weighted by molar-refractivity contribution is 5.82. The number of hydrogen-bond donors (Lipinski definition) is 0. The number of para-hydroxylation sites is 1. The van der Waals surface area contributed by atoms with Gasteiger partial charge in [-0.25, -0.2) is 4.85 Å². The SMILES string of the molecule is [C-]#[N+]c1ccccc1CC(=O)CCCCCCC. The van der Waals surface area contributed by atoms with Crippen molar-refractivity contribution in [2.45, 2.75) is 51.9 Å². The van der Waals surface area contributed by atoms with Gasteiger partial charge in [0.25, 0.3) is 0 Å². The molecular formula is C16H21NO. The fourth-order valence-corrected chi connectivity index (χ4v) is 2.00. The average molecular weight is 243 g/mol. The summed E-state index contributed by atoms with van der Waals surface area (Å²) in [5.74, 6) is 0.252. The monoisotopic (exact) mass is 243 g/mol. The lowest BCUT2D eigenvalue weighted by Crippen LogP contribution is -2.02. The van der Waals surface area contributed by atoms with Crippen molar-refractivity contribution in [3.05, 3.63) is 41.2 Å². The third-order valence-electron chi connectivity index (χ3n) is 3.06. The Hall–Kier alpha value is -1.62. The molecule has 1 rings (SSSR count). The van der Waals surface area contributed by atoms with Crippen molar-refractivity contribution in [1.29, 1.82) is 0 Å². The molecule has 0 heterocycles. The van der Waals surface area contributed by atoms with Gasteiger partial charge in [-0.3, -0.25) is 4.79 Å². The largest absolute Gasteiger partial charge is 0.299 e. The van der Waals surface area contributed by atoms with Crippen LogP contribution in [0.15, 0.2) is 24.3 Å². The van der Waals surface area contributed by atoms with Gasteiger partial charge in [-0.15, -0.1) is 0 Å². The van der Waals surface area contributed by atoms with Crippen molar-refractivity contribution in [3.63, 3.8) is 0 Å². The number of carbonyl (C=O) groups is 1. The van der Waals surface area contributed by atoms with Gasteiger partial charge in [0.15, 0.2) is 5.69 Å². The van der Waals surface area contributed by atoms with Crippen LogP contribution in [0.1, 0.15) is 51.0 Å². The Morgan fingerprint density at radius 1 is 1.17 bits per heavy atom. The van der Waals surface area contributed by atoms with Crippen LogP contribution in [-0.2, 0) is 11.2 Å². The zero-order valence-electron chi connectivity index (χ0n) is 11.1. The Labute approximate surface area is 110 Å². The highest BCUT2D eigenvalue weighted by Crippen LogP contribution is 2.19. The Kier molecular flexibility index (Phi) is 6.79. The van der Waals surface area contributed by atoms with Gasteiger partial charge in [0.2, 0.25) is 0 Å². The normalized spacial score (nSPS) is 10.0. The van der Waals surface area contributed by atoms with Crippen LogP contribution in [0.25, 0.3) is 4.85 Å². The van der Waals surface area contributed by atoms with E-state index in [2.05, 4.69) is 11.8 Å². The molecule has 0 aromatic heterocycles. The molecule has 1 aromatic rings. The lowest BCUT2D eigenvalue weighted by molar-refractivity contribution is -0.118. The number of hydrogen-bond acceptors (Lipinski definition) is 1. The van der Waals surface area contributed by atoms with Crippen LogP contribution in [0.3, 0.4) is 0 Å². The molecule has 1 aromatic carbocycles. The Bertz CT molecular complexity index is 417. The van der Waals surface area contributed by atoms with Crippen LogP contribution in [0, 0.1) is 6.57 Å². The van der Waals surface area contributed by atoms with Crippen LogP contribution in [0.5, 0.6) is 0 Å². The van der Waals surface area contributed by atoms with Gasteiger partial charge in [-0.2, -0.15) is 0 Å². The summed E-state index contributed by atoms with van der Waals surface area (Å²) >= 11 is 0. The first-order valence-electron chi connectivity index (χ1n) is 6.75. The van der Waals surface area contributed by atoms with Crippen molar-refractivity contribution >= 4 is 11.5 Å². The van der Waals surface area contributed by atoms with E-state index < -0.39 is 0 Å². The molecule has 2 nitrogen and oxygen atoms in total. The predicted octanol–water partition coefficient (Wildman–Crippen LogP) is 4.71. The van der Waals surface area contributed by atoms with Gasteiger partial charge in [-0.1, -0.05) is 56.9 Å². The minimum atomic E-state index is 0.252. The van der Waals surface area contributed by atoms with Gasteiger partial charge < -0.3 is 0 Å². The second-order valence-electron chi connectivity index (χ2n) is 4.62. The van der Waals surface area contributed by atoms with Gasteiger partial charge in [0.05, 0.1) is 6.57 Å². The quantitative estimate of drug-likeness (QED) is 0.478. The molecule has 2 heteroatoms. The topological polar surface area (TPSA) is 21.4 Å². The molecule has 0 unspecified atom stereocenters. The van der Waals surface area contributed by atoms with E-state index in [1.807, 2.05) is 18.2 Å². The number of carbonyl (C=O) groups excluding carboxylic acids is 1. The van der Waals surface area contributed by atoms with Crippen LogP contribution in [0.2, 0.25) is 0 Å². The summed E-state index contributed by atoms with van der Waals surface area (Å²) in [7, 11) is 0. The van der Waals surface area contributed by atoms with E-state index >= 15 is 0 Å². The molecule has 96 valence electrons. The number of unbranched alkanes of at least 4 members (excludes halogenated alkanes) is 4. The van der Waals surface area contributed by atoms with Crippen LogP contribution in [-0.4, -0.2) is 5.78 Å². The molecule has 0 N–H and O–H groups in total. The summed E-state index contributed by atoms with van der Waals surface area (Å²) in [5, 5.41) is 0. The molecule has 0 bridgehead atoms. The fraction of sp³-hybridized carbons (Fsp3) is 0.500. The van der Waals surface area contributed by atoms with E-state index in [9.17, 15) is 4.79 Å². The van der Waals surface area contributed by atoms with Gasteiger partial charge in [0.1, 0.15) is 5.78 Å². The average Bonchev–Trinajstić information content (AvgIpc) is 2.39. The maximum Gasteiger partial charge on any atom is 0.190 e. The zero-order chi connectivity index (χ0) is 13.2. The second kappa shape index (κ2) is 8.47. The molecular weight excluding hydrogens is 222 g/mol. The molecule has 0 fully saturated rings. The highest BCUT2D eigenvalue weighted by atomic mass is 16.1. The van der Waals surface area contributed by atoms with Crippen molar-refractivity contribution in [2.75, 3.05) is 0 Å². The van der Waals surface area contributed by atoms with E-state index in [1.165, 1.54) is 19.3 Å². The van der Waals surface area contributed by atoms with Gasteiger partial charge in [-0.05, 0) is 12.0 Å². The number of Topliss-reactive ketones (excluding diaryl/α,β-unsaturated/α-hetero) is 1. The van der Waals surface area contributed by atoms with Crippen molar-refractivity contribution in [2.24, 2.45) is 0 Å². The summed E-state index contributed by atoms with van der Waals surface area (Å²) in [5.41, 5.74) is 1.47. The Balaban J connectivity index is 2.34. The lowest BCUT2D eigenvalue weighted by atomic mass is 10.0. The van der Waals surface area contributed by atoms with E-state index in [0.29, 0.717) is 18.5 Å². The molecule has 0 saturated heterocycles. The maximum atomic E-state index is 11.8. The predicted molar refractivity (Wildman–Crippen MR) is 74.8 cm³/mol. The van der Waals surface area contributed by atoms with Crippen LogP contribution < -0.4 is 0 Å². The molecule has 0 aliphatic carbocycles. The third kappa shape index (κ3) is 5.14. The Morgan fingerprint density at radius 2 is 1.89 bits per heavy atom. The molecule has 0 radical (unpaired) electrons. The molecule has 0 amide bonds. The molecule has 18 heavy (non-hydrogen) atoms. The number of nitrogens with zero attached hydrogens (tertiary/aromatic N) is 1. The standard InChI is InChI=1S/C16H21NO/c1-3-4-5-6-7-11-15(18)13-14-10-8-9-12-16(14)17-2/h8-10,12H,3-7,11,13H2,1H3. The van der Waals surface area contributed by atoms with Gasteiger partial charge in [0, 0.05) is 12.8 Å². The molecule has 0 atom stereocenters. The van der Waals surface area contributed by atoms with Gasteiger partial charge >= 0.3 is 0 Å². The lowest BCUT2D eigenvalue weighted by Gasteiger charge is -2.03. The van der Waals surface area contributed by atoms with E-state index in [1.54, 1.807) is 6.07 Å². The first-order valence-corrected chi connectivity index (χ1v) is 6.75. The zero-order valence-corrected chi connectivity index (χ0v) is 11.1. The van der Waals surface area contributed by atoms with Crippen LogP contribution >= 0.6 is 0 Å². The highest BCUT2D eigenvalue weighted by Gasteiger charge is 2.07. The van der Waals surface area contributed by atoms with E-state index in [-0.39, 0.29) is 5.78 Å².